The van der Waals surface area contributed by atoms with Crippen LogP contribution >= 0.6 is 0 Å². The average Bonchev–Trinajstić information content (AvgIpc) is 2.53. The molecule has 0 aliphatic rings. The summed E-state index contributed by atoms with van der Waals surface area (Å²) in [5.74, 6) is -1.44. The van der Waals surface area contributed by atoms with E-state index in [9.17, 15) is 9.90 Å². The number of nitriles is 1. The van der Waals surface area contributed by atoms with Crippen LogP contribution in [0.25, 0.3) is 6.08 Å². The predicted octanol–water partition coefficient (Wildman–Crippen LogP) is 1.17. The van der Waals surface area contributed by atoms with Crippen LogP contribution in [0.3, 0.4) is 0 Å². The molecule has 1 heterocycles. The monoisotopic (exact) mass is 231 g/mol. The van der Waals surface area contributed by atoms with Gasteiger partial charge >= 0.3 is 0 Å². The van der Waals surface area contributed by atoms with E-state index in [4.69, 9.17) is 5.26 Å². The predicted molar refractivity (Wildman–Crippen MR) is 62.8 cm³/mol. The molecule has 90 valence electrons. The Labute approximate surface area is 101 Å². The fourth-order valence-corrected chi connectivity index (χ4v) is 1.83. The maximum atomic E-state index is 10.7. The van der Waals surface area contributed by atoms with Crippen molar-refractivity contribution in [2.75, 3.05) is 0 Å². The fraction of sp³-hybridized carbons (Fsp3) is 0.385. The van der Waals surface area contributed by atoms with Crippen molar-refractivity contribution in [1.29, 1.82) is 5.26 Å². The van der Waals surface area contributed by atoms with Gasteiger partial charge in [-0.2, -0.15) is 5.26 Å². The van der Waals surface area contributed by atoms with Gasteiger partial charge in [-0.05, 0) is 38.0 Å². The molecule has 0 N–H and O–H groups in total. The molecule has 0 saturated heterocycles. The number of carboxylic acids is 1. The van der Waals surface area contributed by atoms with Gasteiger partial charge in [0.05, 0.1) is 11.5 Å². The van der Waals surface area contributed by atoms with Crippen molar-refractivity contribution in [3.05, 3.63) is 28.6 Å². The number of aliphatic carboxylic acids is 1. The third-order valence-electron chi connectivity index (χ3n) is 2.70. The highest BCUT2D eigenvalue weighted by atomic mass is 16.4. The van der Waals surface area contributed by atoms with Crippen LogP contribution in [0.2, 0.25) is 0 Å². The third kappa shape index (κ3) is 2.76. The molecular formula is C13H15N2O2-. The molecule has 4 nitrogen and oxygen atoms in total. The molecule has 0 aliphatic carbocycles. The molecule has 0 atom stereocenters. The minimum absolute atomic E-state index is 0.346. The number of rotatable bonds is 4. The van der Waals surface area contributed by atoms with E-state index in [0.717, 1.165) is 29.9 Å². The summed E-state index contributed by atoms with van der Waals surface area (Å²) >= 11 is 0. The zero-order valence-electron chi connectivity index (χ0n) is 10.3. The van der Waals surface area contributed by atoms with Crippen molar-refractivity contribution < 1.29 is 9.90 Å². The lowest BCUT2D eigenvalue weighted by atomic mass is 10.1. The van der Waals surface area contributed by atoms with Crippen molar-refractivity contribution in [3.63, 3.8) is 0 Å². The third-order valence-corrected chi connectivity index (χ3v) is 2.70. The van der Waals surface area contributed by atoms with Gasteiger partial charge in [-0.25, -0.2) is 0 Å². The molecule has 1 aromatic rings. The lowest BCUT2D eigenvalue weighted by Gasteiger charge is -2.07. The van der Waals surface area contributed by atoms with E-state index < -0.39 is 5.97 Å². The Balaban J connectivity index is 3.21. The number of nitrogens with zero attached hydrogens (tertiary/aromatic N) is 2. The summed E-state index contributed by atoms with van der Waals surface area (Å²) in [6, 6.07) is 3.51. The van der Waals surface area contributed by atoms with Gasteiger partial charge in [0.25, 0.3) is 0 Å². The van der Waals surface area contributed by atoms with Gasteiger partial charge in [0.15, 0.2) is 0 Å². The van der Waals surface area contributed by atoms with Gasteiger partial charge in [0.2, 0.25) is 0 Å². The van der Waals surface area contributed by atoms with Crippen molar-refractivity contribution in [1.82, 2.24) is 4.57 Å². The van der Waals surface area contributed by atoms with E-state index in [-0.39, 0.29) is 5.57 Å². The molecule has 0 amide bonds. The second-order valence-corrected chi connectivity index (χ2v) is 3.94. The van der Waals surface area contributed by atoms with Crippen molar-refractivity contribution in [2.24, 2.45) is 0 Å². The second kappa shape index (κ2) is 5.35. The summed E-state index contributed by atoms with van der Waals surface area (Å²) < 4.78 is 2.11. The Bertz CT molecular complexity index is 504. The van der Waals surface area contributed by atoms with E-state index in [2.05, 4.69) is 11.5 Å². The van der Waals surface area contributed by atoms with Crippen LogP contribution in [0.4, 0.5) is 0 Å². The smallest absolute Gasteiger partial charge is 0.101 e. The highest BCUT2D eigenvalue weighted by Gasteiger charge is 2.07. The van der Waals surface area contributed by atoms with Gasteiger partial charge in [-0.1, -0.05) is 6.92 Å². The normalized spacial score (nSPS) is 11.3. The summed E-state index contributed by atoms with van der Waals surface area (Å²) in [7, 11) is 0. The molecule has 1 rings (SSSR count). The van der Waals surface area contributed by atoms with Gasteiger partial charge in [-0.3, -0.25) is 0 Å². The maximum Gasteiger partial charge on any atom is 0.101 e. The van der Waals surface area contributed by atoms with Gasteiger partial charge in [0, 0.05) is 17.9 Å². The summed E-state index contributed by atoms with van der Waals surface area (Å²) in [6.45, 7) is 6.85. The summed E-state index contributed by atoms with van der Waals surface area (Å²) in [5, 5.41) is 19.3. The summed E-state index contributed by atoms with van der Waals surface area (Å²) in [6.07, 6.45) is 2.37. The molecule has 17 heavy (non-hydrogen) atoms. The van der Waals surface area contributed by atoms with Crippen molar-refractivity contribution in [2.45, 2.75) is 33.7 Å². The maximum absolute atomic E-state index is 10.7. The lowest BCUT2D eigenvalue weighted by molar-refractivity contribution is -0.298. The summed E-state index contributed by atoms with van der Waals surface area (Å²) in [4.78, 5) is 10.7. The van der Waals surface area contributed by atoms with Crippen LogP contribution < -0.4 is 5.11 Å². The zero-order valence-corrected chi connectivity index (χ0v) is 10.3. The summed E-state index contributed by atoms with van der Waals surface area (Å²) in [5.41, 5.74) is 2.45. The first-order valence-electron chi connectivity index (χ1n) is 5.51. The molecular weight excluding hydrogens is 216 g/mol. The van der Waals surface area contributed by atoms with Crippen LogP contribution in [-0.2, 0) is 11.3 Å². The zero-order chi connectivity index (χ0) is 13.0. The molecule has 4 heteroatoms. The topological polar surface area (TPSA) is 68.8 Å². The first-order chi connectivity index (χ1) is 8.01. The Kier molecular flexibility index (Phi) is 4.11. The van der Waals surface area contributed by atoms with Crippen LogP contribution in [0.5, 0.6) is 0 Å². The number of hydrogen-bond donors (Lipinski definition) is 0. The minimum Gasteiger partial charge on any atom is -0.544 e. The molecule has 0 aromatic carbocycles. The van der Waals surface area contributed by atoms with Crippen LogP contribution in [0.15, 0.2) is 11.6 Å². The SMILES string of the molecule is CCCn1c(C)cc(/C=C(\C#N)C(=O)[O-])c1C. The number of hydrogen-bond acceptors (Lipinski definition) is 3. The number of aryl methyl sites for hydroxylation is 1. The molecule has 0 fully saturated rings. The Morgan fingerprint density at radius 3 is 2.71 bits per heavy atom. The molecule has 0 saturated carbocycles. The second-order valence-electron chi connectivity index (χ2n) is 3.94. The van der Waals surface area contributed by atoms with Gasteiger partial charge in [0.1, 0.15) is 6.07 Å². The van der Waals surface area contributed by atoms with Gasteiger partial charge < -0.3 is 14.5 Å². The van der Waals surface area contributed by atoms with Crippen LogP contribution in [0.1, 0.15) is 30.3 Å². The lowest BCUT2D eigenvalue weighted by Crippen LogP contribution is -2.23. The molecule has 0 radical (unpaired) electrons. The quantitative estimate of drug-likeness (QED) is 0.577. The first kappa shape index (κ1) is 13.0. The van der Waals surface area contributed by atoms with Crippen molar-refractivity contribution >= 4 is 12.0 Å². The molecule has 0 bridgehead atoms. The first-order valence-corrected chi connectivity index (χ1v) is 5.51. The highest BCUT2D eigenvalue weighted by Crippen LogP contribution is 2.18. The molecule has 0 spiro atoms. The van der Waals surface area contributed by atoms with E-state index in [1.54, 1.807) is 6.07 Å². The average molecular weight is 231 g/mol. The van der Waals surface area contributed by atoms with Crippen LogP contribution in [0, 0.1) is 25.2 Å². The van der Waals surface area contributed by atoms with Gasteiger partial charge in [-0.15, -0.1) is 0 Å². The Hall–Kier alpha value is -2.02. The van der Waals surface area contributed by atoms with E-state index in [1.165, 1.54) is 6.08 Å². The van der Waals surface area contributed by atoms with E-state index in [1.807, 2.05) is 19.9 Å². The Morgan fingerprint density at radius 1 is 1.59 bits per heavy atom. The van der Waals surface area contributed by atoms with Crippen LogP contribution in [-0.4, -0.2) is 10.5 Å². The number of carbonyl (C=O) groups excluding carboxylic acids is 1. The standard InChI is InChI=1S/C13H16N2O2/c1-4-5-15-9(2)6-11(10(15)3)7-12(8-14)13(16)17/h6-7H,4-5H2,1-3H3,(H,16,17)/p-1/b12-7+. The number of aromatic nitrogens is 1. The fourth-order valence-electron chi connectivity index (χ4n) is 1.83. The van der Waals surface area contributed by atoms with E-state index in [0.29, 0.717) is 0 Å². The number of carboxylic acid groups (broad SMARTS) is 1. The highest BCUT2D eigenvalue weighted by molar-refractivity contribution is 5.95. The largest absolute Gasteiger partial charge is 0.544 e. The molecule has 1 aromatic heterocycles. The molecule has 0 aliphatic heterocycles. The Morgan fingerprint density at radius 2 is 2.24 bits per heavy atom. The minimum atomic E-state index is -1.44. The number of carbonyl (C=O) groups is 1. The van der Waals surface area contributed by atoms with E-state index >= 15 is 0 Å². The van der Waals surface area contributed by atoms with Crippen molar-refractivity contribution in [3.8, 4) is 6.07 Å². The molecule has 0 unspecified atom stereocenters.